The lowest BCUT2D eigenvalue weighted by atomic mass is 10.1. The van der Waals surface area contributed by atoms with Crippen molar-refractivity contribution in [1.29, 1.82) is 5.26 Å². The molecule has 0 aliphatic carbocycles. The van der Waals surface area contributed by atoms with E-state index in [-0.39, 0.29) is 11.9 Å². The number of carbonyl (C=O) groups excluding carboxylic acids is 1. The minimum absolute atomic E-state index is 0.102. The van der Waals surface area contributed by atoms with Crippen LogP contribution < -0.4 is 4.74 Å². The molecule has 1 aliphatic rings. The molecular formula is C18H19N3O3. The number of piperazine rings is 1. The number of amides is 1. The second-order valence-electron chi connectivity index (χ2n) is 5.61. The van der Waals surface area contributed by atoms with Gasteiger partial charge in [-0.05, 0) is 29.8 Å². The lowest BCUT2D eigenvalue weighted by Gasteiger charge is -2.36. The van der Waals surface area contributed by atoms with Crippen molar-refractivity contribution >= 4 is 5.91 Å². The van der Waals surface area contributed by atoms with Gasteiger partial charge < -0.3 is 14.1 Å². The molecule has 0 saturated carbocycles. The second-order valence-corrected chi connectivity index (χ2v) is 5.61. The molecule has 6 nitrogen and oxygen atoms in total. The summed E-state index contributed by atoms with van der Waals surface area (Å²) in [6, 6.07) is 12.9. The molecule has 1 aromatic heterocycles. The van der Waals surface area contributed by atoms with Gasteiger partial charge in [-0.3, -0.25) is 9.69 Å². The zero-order chi connectivity index (χ0) is 16.9. The maximum atomic E-state index is 12.3. The summed E-state index contributed by atoms with van der Waals surface area (Å²) in [5.74, 6) is 0.988. The number of benzene rings is 1. The molecule has 1 fully saturated rings. The summed E-state index contributed by atoms with van der Waals surface area (Å²) < 4.78 is 10.4. The number of nitriles is 1. The van der Waals surface area contributed by atoms with Crippen molar-refractivity contribution in [1.82, 2.24) is 9.80 Å². The molecule has 6 heteroatoms. The van der Waals surface area contributed by atoms with E-state index in [1.54, 1.807) is 24.1 Å². The van der Waals surface area contributed by atoms with Gasteiger partial charge in [0.15, 0.2) is 5.76 Å². The van der Waals surface area contributed by atoms with Crippen LogP contribution in [0.3, 0.4) is 0 Å². The Morgan fingerprint density at radius 2 is 2.04 bits per heavy atom. The first kappa shape index (κ1) is 16.1. The number of hydrogen-bond donors (Lipinski definition) is 0. The molecular weight excluding hydrogens is 306 g/mol. The van der Waals surface area contributed by atoms with Gasteiger partial charge in [-0.1, -0.05) is 12.1 Å². The quantitative estimate of drug-likeness (QED) is 0.863. The molecule has 0 radical (unpaired) electrons. The van der Waals surface area contributed by atoms with E-state index in [1.807, 2.05) is 24.3 Å². The van der Waals surface area contributed by atoms with E-state index in [0.29, 0.717) is 31.9 Å². The molecule has 124 valence electrons. The second kappa shape index (κ2) is 7.20. The molecule has 2 aromatic rings. The highest BCUT2D eigenvalue weighted by Gasteiger charge is 2.28. The minimum Gasteiger partial charge on any atom is -0.497 e. The van der Waals surface area contributed by atoms with Gasteiger partial charge in [-0.2, -0.15) is 5.26 Å². The van der Waals surface area contributed by atoms with E-state index in [4.69, 9.17) is 9.15 Å². The predicted octanol–water partition coefficient (Wildman–Crippen LogP) is 2.31. The molecule has 0 N–H and O–H groups in total. The molecule has 1 amide bonds. The van der Waals surface area contributed by atoms with Crippen molar-refractivity contribution in [3.8, 4) is 11.8 Å². The predicted molar refractivity (Wildman–Crippen MR) is 87.5 cm³/mol. The van der Waals surface area contributed by atoms with Crippen LogP contribution in [0.1, 0.15) is 22.2 Å². The fourth-order valence-corrected chi connectivity index (χ4v) is 2.92. The van der Waals surface area contributed by atoms with Crippen molar-refractivity contribution in [2.24, 2.45) is 0 Å². The maximum Gasteiger partial charge on any atom is 0.289 e. The van der Waals surface area contributed by atoms with Crippen molar-refractivity contribution in [3.63, 3.8) is 0 Å². The Labute approximate surface area is 140 Å². The molecule has 24 heavy (non-hydrogen) atoms. The molecule has 2 heterocycles. The Hall–Kier alpha value is -2.78. The van der Waals surface area contributed by atoms with Crippen LogP contribution in [0, 0.1) is 11.3 Å². The normalized spacial score (nSPS) is 16.4. The van der Waals surface area contributed by atoms with Crippen molar-refractivity contribution in [2.45, 2.75) is 6.04 Å². The van der Waals surface area contributed by atoms with Gasteiger partial charge in [-0.25, -0.2) is 0 Å². The van der Waals surface area contributed by atoms with Crippen molar-refractivity contribution in [3.05, 3.63) is 54.0 Å². The zero-order valence-electron chi connectivity index (χ0n) is 13.5. The smallest absolute Gasteiger partial charge is 0.289 e. The van der Waals surface area contributed by atoms with E-state index in [9.17, 15) is 10.1 Å². The van der Waals surface area contributed by atoms with Crippen LogP contribution in [0.5, 0.6) is 5.75 Å². The van der Waals surface area contributed by atoms with E-state index < -0.39 is 0 Å². The lowest BCUT2D eigenvalue weighted by Crippen LogP contribution is -2.49. The molecule has 0 bridgehead atoms. The third-order valence-corrected chi connectivity index (χ3v) is 4.23. The van der Waals surface area contributed by atoms with Gasteiger partial charge in [0, 0.05) is 26.2 Å². The molecule has 0 spiro atoms. The average molecular weight is 325 g/mol. The molecule has 1 unspecified atom stereocenters. The first-order valence-electron chi connectivity index (χ1n) is 7.83. The Morgan fingerprint density at radius 1 is 1.25 bits per heavy atom. The summed E-state index contributed by atoms with van der Waals surface area (Å²) in [5, 5.41) is 9.59. The van der Waals surface area contributed by atoms with Gasteiger partial charge in [-0.15, -0.1) is 0 Å². The third-order valence-electron chi connectivity index (χ3n) is 4.23. The summed E-state index contributed by atoms with van der Waals surface area (Å²) in [4.78, 5) is 16.1. The SMILES string of the molecule is COc1cccc(C(C#N)N2CCN(C(=O)c3ccco3)CC2)c1. The summed E-state index contributed by atoms with van der Waals surface area (Å²) >= 11 is 0. The Balaban J connectivity index is 1.66. The summed E-state index contributed by atoms with van der Waals surface area (Å²) in [6.45, 7) is 2.42. The summed E-state index contributed by atoms with van der Waals surface area (Å²) in [6.07, 6.45) is 1.50. The Kier molecular flexibility index (Phi) is 4.82. The highest BCUT2D eigenvalue weighted by Crippen LogP contribution is 2.25. The van der Waals surface area contributed by atoms with Crippen molar-refractivity contribution < 1.29 is 13.9 Å². The number of nitrogens with zero attached hydrogens (tertiary/aromatic N) is 3. The van der Waals surface area contributed by atoms with Gasteiger partial charge in [0.25, 0.3) is 5.91 Å². The number of rotatable bonds is 4. The number of hydrogen-bond acceptors (Lipinski definition) is 5. The summed E-state index contributed by atoms with van der Waals surface area (Å²) in [5.41, 5.74) is 0.905. The molecule has 1 aliphatic heterocycles. The fraction of sp³-hybridized carbons (Fsp3) is 0.333. The lowest BCUT2D eigenvalue weighted by molar-refractivity contribution is 0.0576. The topological polar surface area (TPSA) is 69.7 Å². The van der Waals surface area contributed by atoms with E-state index in [2.05, 4.69) is 11.0 Å². The molecule has 3 rings (SSSR count). The van der Waals surface area contributed by atoms with Crippen LogP contribution in [-0.4, -0.2) is 49.0 Å². The first-order valence-corrected chi connectivity index (χ1v) is 7.83. The number of carbonyl (C=O) groups is 1. The van der Waals surface area contributed by atoms with Gasteiger partial charge in [0.05, 0.1) is 19.4 Å². The van der Waals surface area contributed by atoms with Crippen LogP contribution in [0.2, 0.25) is 0 Å². The molecule has 1 atom stereocenters. The molecule has 1 saturated heterocycles. The molecule has 1 aromatic carbocycles. The highest BCUT2D eigenvalue weighted by atomic mass is 16.5. The number of furan rings is 1. The third kappa shape index (κ3) is 3.26. The monoisotopic (exact) mass is 325 g/mol. The first-order chi connectivity index (χ1) is 11.7. The average Bonchev–Trinajstić information content (AvgIpc) is 3.17. The van der Waals surface area contributed by atoms with E-state index >= 15 is 0 Å². The highest BCUT2D eigenvalue weighted by molar-refractivity contribution is 5.91. The van der Waals surface area contributed by atoms with E-state index in [1.165, 1.54) is 6.26 Å². The van der Waals surface area contributed by atoms with Crippen molar-refractivity contribution in [2.75, 3.05) is 33.3 Å². The van der Waals surface area contributed by atoms with Gasteiger partial charge in [0.2, 0.25) is 0 Å². The standard InChI is InChI=1S/C18H19N3O3/c1-23-15-5-2-4-14(12-15)16(13-19)20-7-9-21(10-8-20)18(22)17-6-3-11-24-17/h2-6,11-12,16H,7-10H2,1H3. The number of ether oxygens (including phenoxy) is 1. The van der Waals surface area contributed by atoms with Crippen LogP contribution in [-0.2, 0) is 0 Å². The minimum atomic E-state index is -0.346. The van der Waals surface area contributed by atoms with Gasteiger partial charge in [0.1, 0.15) is 11.8 Å². The van der Waals surface area contributed by atoms with Crippen LogP contribution in [0.4, 0.5) is 0 Å². The van der Waals surface area contributed by atoms with Crippen LogP contribution >= 0.6 is 0 Å². The summed E-state index contributed by atoms with van der Waals surface area (Å²) in [7, 11) is 1.61. The van der Waals surface area contributed by atoms with E-state index in [0.717, 1.165) is 11.3 Å². The van der Waals surface area contributed by atoms with Gasteiger partial charge >= 0.3 is 0 Å². The van der Waals surface area contributed by atoms with Crippen LogP contribution in [0.25, 0.3) is 0 Å². The fourth-order valence-electron chi connectivity index (χ4n) is 2.92. The zero-order valence-corrected chi connectivity index (χ0v) is 13.5. The maximum absolute atomic E-state index is 12.3. The number of methoxy groups -OCH3 is 1. The van der Waals surface area contributed by atoms with Crippen LogP contribution in [0.15, 0.2) is 47.1 Å². The largest absolute Gasteiger partial charge is 0.497 e. The Bertz CT molecular complexity index is 728. The Morgan fingerprint density at radius 3 is 2.67 bits per heavy atom.